The first-order valence-electron chi connectivity index (χ1n) is 6.87. The summed E-state index contributed by atoms with van der Waals surface area (Å²) in [4.78, 5) is 2.40. The molecule has 0 aliphatic carbocycles. The van der Waals surface area contributed by atoms with Crippen molar-refractivity contribution in [3.63, 3.8) is 0 Å². The van der Waals surface area contributed by atoms with Gasteiger partial charge in [0.15, 0.2) is 0 Å². The molecule has 1 unspecified atom stereocenters. The Kier molecular flexibility index (Phi) is 4.12. The molecular formula is C15H24N2O. The van der Waals surface area contributed by atoms with Gasteiger partial charge in [-0.1, -0.05) is 19.9 Å². The molecule has 2 N–H and O–H groups in total. The third-order valence-electron chi connectivity index (χ3n) is 3.43. The van der Waals surface area contributed by atoms with Crippen LogP contribution in [0.15, 0.2) is 18.2 Å². The smallest absolute Gasteiger partial charge is 0.143 e. The molecule has 0 bridgehead atoms. The second-order valence-electron chi connectivity index (χ2n) is 5.40. The lowest BCUT2D eigenvalue weighted by atomic mass is 10.0. The summed E-state index contributed by atoms with van der Waals surface area (Å²) in [5.74, 6) is 1.56. The number of hydrogen-bond acceptors (Lipinski definition) is 3. The van der Waals surface area contributed by atoms with Crippen molar-refractivity contribution in [1.29, 1.82) is 0 Å². The minimum Gasteiger partial charge on any atom is -0.487 e. The summed E-state index contributed by atoms with van der Waals surface area (Å²) in [5, 5.41) is 0. The van der Waals surface area contributed by atoms with Crippen molar-refractivity contribution < 1.29 is 4.74 Å². The maximum atomic E-state index is 5.90. The molecule has 3 heteroatoms. The third-order valence-corrected chi connectivity index (χ3v) is 3.43. The minimum atomic E-state index is 0.250. The van der Waals surface area contributed by atoms with Crippen LogP contribution in [-0.2, 0) is 0 Å². The van der Waals surface area contributed by atoms with Crippen molar-refractivity contribution in [3.05, 3.63) is 23.8 Å². The van der Waals surface area contributed by atoms with Crippen molar-refractivity contribution in [2.24, 2.45) is 5.73 Å². The number of ether oxygens (including phenoxy) is 1. The van der Waals surface area contributed by atoms with E-state index in [0.29, 0.717) is 5.92 Å². The van der Waals surface area contributed by atoms with Crippen molar-refractivity contribution >= 4 is 5.69 Å². The van der Waals surface area contributed by atoms with Crippen molar-refractivity contribution in [2.75, 3.05) is 24.5 Å². The van der Waals surface area contributed by atoms with Crippen molar-refractivity contribution in [2.45, 2.75) is 39.2 Å². The van der Waals surface area contributed by atoms with Crippen LogP contribution in [0.5, 0.6) is 5.75 Å². The molecule has 1 aromatic carbocycles. The molecule has 18 heavy (non-hydrogen) atoms. The van der Waals surface area contributed by atoms with Gasteiger partial charge in [0, 0.05) is 6.54 Å². The zero-order valence-corrected chi connectivity index (χ0v) is 11.6. The monoisotopic (exact) mass is 248 g/mol. The Morgan fingerprint density at radius 2 is 2.22 bits per heavy atom. The molecule has 1 aliphatic heterocycles. The maximum Gasteiger partial charge on any atom is 0.143 e. The molecule has 1 aliphatic rings. The predicted molar refractivity (Wildman–Crippen MR) is 76.5 cm³/mol. The van der Waals surface area contributed by atoms with Crippen LogP contribution in [-0.4, -0.2) is 25.7 Å². The highest BCUT2D eigenvalue weighted by Crippen LogP contribution is 2.35. The molecule has 1 heterocycles. The Bertz CT molecular complexity index is 403. The number of fused-ring (bicyclic) bond motifs is 1. The van der Waals surface area contributed by atoms with E-state index < -0.39 is 0 Å². The summed E-state index contributed by atoms with van der Waals surface area (Å²) in [6, 6.07) is 6.54. The van der Waals surface area contributed by atoms with Crippen LogP contribution >= 0.6 is 0 Å². The molecule has 100 valence electrons. The molecule has 0 amide bonds. The maximum absolute atomic E-state index is 5.90. The molecule has 0 saturated heterocycles. The number of anilines is 1. The summed E-state index contributed by atoms with van der Waals surface area (Å²) in [6.07, 6.45) is 1.28. The van der Waals surface area contributed by atoms with E-state index in [4.69, 9.17) is 10.5 Å². The fourth-order valence-electron chi connectivity index (χ4n) is 2.40. The summed E-state index contributed by atoms with van der Waals surface area (Å²) < 4.78 is 5.90. The van der Waals surface area contributed by atoms with Gasteiger partial charge in [-0.2, -0.15) is 0 Å². The van der Waals surface area contributed by atoms with Gasteiger partial charge in [-0.25, -0.2) is 0 Å². The van der Waals surface area contributed by atoms with Gasteiger partial charge in [0.25, 0.3) is 0 Å². The SMILES string of the molecule is CC1CN(CCCN)c2cc(C(C)C)ccc2O1. The minimum absolute atomic E-state index is 0.250. The quantitative estimate of drug-likeness (QED) is 0.890. The summed E-state index contributed by atoms with van der Waals surface area (Å²) >= 11 is 0. The van der Waals surface area contributed by atoms with E-state index >= 15 is 0 Å². The van der Waals surface area contributed by atoms with Crippen molar-refractivity contribution in [1.82, 2.24) is 0 Å². The van der Waals surface area contributed by atoms with Crippen LogP contribution in [0.25, 0.3) is 0 Å². The number of hydrogen-bond donors (Lipinski definition) is 1. The number of rotatable bonds is 4. The Morgan fingerprint density at radius 1 is 1.44 bits per heavy atom. The first-order valence-corrected chi connectivity index (χ1v) is 6.87. The highest BCUT2D eigenvalue weighted by atomic mass is 16.5. The Morgan fingerprint density at radius 3 is 2.89 bits per heavy atom. The molecule has 0 radical (unpaired) electrons. The molecule has 0 aromatic heterocycles. The van der Waals surface area contributed by atoms with Gasteiger partial charge in [0.2, 0.25) is 0 Å². The van der Waals surface area contributed by atoms with E-state index in [1.54, 1.807) is 0 Å². The Labute approximate surface area is 110 Å². The zero-order chi connectivity index (χ0) is 13.1. The van der Waals surface area contributed by atoms with E-state index in [0.717, 1.165) is 31.8 Å². The van der Waals surface area contributed by atoms with Crippen LogP contribution in [0.1, 0.15) is 38.7 Å². The van der Waals surface area contributed by atoms with E-state index in [2.05, 4.69) is 43.9 Å². The number of benzene rings is 1. The predicted octanol–water partition coefficient (Wildman–Crippen LogP) is 2.75. The molecule has 0 spiro atoms. The average molecular weight is 248 g/mol. The van der Waals surface area contributed by atoms with E-state index in [1.807, 2.05) is 0 Å². The average Bonchev–Trinajstić information content (AvgIpc) is 2.35. The lowest BCUT2D eigenvalue weighted by Gasteiger charge is -2.35. The Hall–Kier alpha value is -1.22. The lowest BCUT2D eigenvalue weighted by Crippen LogP contribution is -2.39. The normalized spacial score (nSPS) is 18.7. The largest absolute Gasteiger partial charge is 0.487 e. The van der Waals surface area contributed by atoms with Crippen LogP contribution < -0.4 is 15.4 Å². The molecule has 3 nitrogen and oxygen atoms in total. The first kappa shape index (κ1) is 13.2. The molecule has 0 saturated carbocycles. The van der Waals surface area contributed by atoms with Crippen LogP contribution in [0.3, 0.4) is 0 Å². The number of nitrogens with zero attached hydrogens (tertiary/aromatic N) is 1. The van der Waals surface area contributed by atoms with E-state index in [-0.39, 0.29) is 6.10 Å². The topological polar surface area (TPSA) is 38.5 Å². The van der Waals surface area contributed by atoms with Gasteiger partial charge in [0.1, 0.15) is 11.9 Å². The molecular weight excluding hydrogens is 224 g/mol. The van der Waals surface area contributed by atoms with Crippen LogP contribution in [0.4, 0.5) is 5.69 Å². The lowest BCUT2D eigenvalue weighted by molar-refractivity contribution is 0.212. The van der Waals surface area contributed by atoms with Crippen LogP contribution in [0.2, 0.25) is 0 Å². The van der Waals surface area contributed by atoms with Gasteiger partial charge in [-0.3, -0.25) is 0 Å². The summed E-state index contributed by atoms with van der Waals surface area (Å²) in [7, 11) is 0. The Balaban J connectivity index is 2.28. The van der Waals surface area contributed by atoms with Gasteiger partial charge >= 0.3 is 0 Å². The van der Waals surface area contributed by atoms with Gasteiger partial charge in [-0.05, 0) is 43.5 Å². The first-order chi connectivity index (χ1) is 8.61. The highest BCUT2D eigenvalue weighted by Gasteiger charge is 2.22. The molecule has 2 rings (SSSR count). The van der Waals surface area contributed by atoms with Crippen molar-refractivity contribution in [3.8, 4) is 5.75 Å². The highest BCUT2D eigenvalue weighted by molar-refractivity contribution is 5.62. The van der Waals surface area contributed by atoms with Gasteiger partial charge < -0.3 is 15.4 Å². The molecule has 1 atom stereocenters. The molecule has 0 fully saturated rings. The van der Waals surface area contributed by atoms with Gasteiger partial charge in [-0.15, -0.1) is 0 Å². The fourth-order valence-corrected chi connectivity index (χ4v) is 2.40. The third kappa shape index (κ3) is 2.78. The summed E-state index contributed by atoms with van der Waals surface area (Å²) in [6.45, 7) is 9.27. The van der Waals surface area contributed by atoms with Gasteiger partial charge in [0.05, 0.1) is 12.2 Å². The van der Waals surface area contributed by atoms with Crippen LogP contribution in [0, 0.1) is 0 Å². The zero-order valence-electron chi connectivity index (χ0n) is 11.6. The van der Waals surface area contributed by atoms with E-state index in [9.17, 15) is 0 Å². The summed E-state index contributed by atoms with van der Waals surface area (Å²) in [5.41, 5.74) is 8.22. The fraction of sp³-hybridized carbons (Fsp3) is 0.600. The number of nitrogens with two attached hydrogens (primary N) is 1. The standard InChI is InChI=1S/C15H24N2O/c1-11(2)13-5-6-15-14(9-13)17(8-4-7-16)10-12(3)18-15/h5-6,9,11-12H,4,7-8,10,16H2,1-3H3. The van der Waals surface area contributed by atoms with E-state index in [1.165, 1.54) is 11.3 Å². The second kappa shape index (κ2) is 5.61. The molecule has 1 aromatic rings. The second-order valence-corrected chi connectivity index (χ2v) is 5.40.